The van der Waals surface area contributed by atoms with E-state index in [0.29, 0.717) is 12.0 Å². The van der Waals surface area contributed by atoms with Crippen molar-refractivity contribution >= 4 is 17.6 Å². The monoisotopic (exact) mass is 416 g/mol. The smallest absolute Gasteiger partial charge is 0.329 e. The number of piperidine rings is 2. The Kier molecular flexibility index (Phi) is 6.53. The molecule has 1 N–H and O–H groups in total. The fourth-order valence-corrected chi connectivity index (χ4v) is 5.06. The molecular formula is C22H32N4O4. The summed E-state index contributed by atoms with van der Waals surface area (Å²) in [5, 5.41) is 8.72. The SMILES string of the molecule is O=C(O)COC1CCN(CC(=O)N2CCC3(CC2)CCN(c2ccncc2)C3)CC1. The number of nitrogens with zero attached hydrogens (tertiary/aromatic N) is 4. The van der Waals surface area contributed by atoms with Crippen molar-refractivity contribution in [1.29, 1.82) is 0 Å². The highest BCUT2D eigenvalue weighted by Crippen LogP contribution is 2.41. The number of pyridine rings is 1. The maximum absolute atomic E-state index is 12.8. The molecule has 0 aromatic carbocycles. The molecule has 1 spiro atoms. The largest absolute Gasteiger partial charge is 0.480 e. The van der Waals surface area contributed by atoms with Crippen LogP contribution in [0.1, 0.15) is 32.1 Å². The third-order valence-electron chi connectivity index (χ3n) is 6.98. The van der Waals surface area contributed by atoms with E-state index in [9.17, 15) is 9.59 Å². The zero-order valence-electron chi connectivity index (χ0n) is 17.5. The van der Waals surface area contributed by atoms with Crippen molar-refractivity contribution in [2.75, 3.05) is 57.3 Å². The van der Waals surface area contributed by atoms with Gasteiger partial charge < -0.3 is 19.6 Å². The number of rotatable bonds is 6. The molecule has 3 fully saturated rings. The van der Waals surface area contributed by atoms with Crippen LogP contribution in [0.4, 0.5) is 5.69 Å². The normalized spacial score (nSPS) is 22.5. The molecule has 8 heteroatoms. The van der Waals surface area contributed by atoms with Crippen LogP contribution in [0, 0.1) is 5.41 Å². The summed E-state index contributed by atoms with van der Waals surface area (Å²) < 4.78 is 5.38. The quantitative estimate of drug-likeness (QED) is 0.751. The minimum absolute atomic E-state index is 0.00648. The number of carboxylic acid groups (broad SMARTS) is 1. The highest BCUT2D eigenvalue weighted by atomic mass is 16.5. The van der Waals surface area contributed by atoms with Crippen molar-refractivity contribution in [1.82, 2.24) is 14.8 Å². The van der Waals surface area contributed by atoms with Gasteiger partial charge >= 0.3 is 5.97 Å². The first-order valence-corrected chi connectivity index (χ1v) is 11.0. The van der Waals surface area contributed by atoms with E-state index in [1.165, 1.54) is 12.1 Å². The summed E-state index contributed by atoms with van der Waals surface area (Å²) in [6.07, 6.45) is 8.61. The number of carbonyl (C=O) groups excluding carboxylic acids is 1. The Morgan fingerprint density at radius 1 is 1.07 bits per heavy atom. The molecule has 1 amide bonds. The number of aliphatic carboxylic acids is 1. The van der Waals surface area contributed by atoms with E-state index in [4.69, 9.17) is 9.84 Å². The van der Waals surface area contributed by atoms with Crippen LogP contribution in [0.15, 0.2) is 24.5 Å². The highest BCUT2D eigenvalue weighted by Gasteiger charge is 2.41. The zero-order chi connectivity index (χ0) is 21.0. The van der Waals surface area contributed by atoms with E-state index in [2.05, 4.69) is 26.9 Å². The van der Waals surface area contributed by atoms with Gasteiger partial charge in [-0.25, -0.2) is 4.79 Å². The van der Waals surface area contributed by atoms with Crippen molar-refractivity contribution in [2.24, 2.45) is 5.41 Å². The van der Waals surface area contributed by atoms with Crippen LogP contribution in [0.25, 0.3) is 0 Å². The Labute approximate surface area is 177 Å². The number of carboxylic acids is 1. The summed E-state index contributed by atoms with van der Waals surface area (Å²) >= 11 is 0. The Morgan fingerprint density at radius 2 is 1.73 bits per heavy atom. The zero-order valence-corrected chi connectivity index (χ0v) is 17.5. The second-order valence-electron chi connectivity index (χ2n) is 8.94. The Bertz CT molecular complexity index is 728. The number of amides is 1. The molecule has 0 aliphatic carbocycles. The summed E-state index contributed by atoms with van der Waals surface area (Å²) in [6, 6.07) is 4.15. The number of likely N-dealkylation sites (tertiary alicyclic amines) is 2. The van der Waals surface area contributed by atoms with Gasteiger partial charge in [-0.1, -0.05) is 0 Å². The third-order valence-corrected chi connectivity index (χ3v) is 6.98. The molecule has 0 atom stereocenters. The number of carbonyl (C=O) groups is 2. The van der Waals surface area contributed by atoms with E-state index >= 15 is 0 Å². The maximum atomic E-state index is 12.8. The lowest BCUT2D eigenvalue weighted by molar-refractivity contribution is -0.145. The van der Waals surface area contributed by atoms with Gasteiger partial charge in [-0.05, 0) is 49.7 Å². The van der Waals surface area contributed by atoms with Crippen molar-refractivity contribution in [3.63, 3.8) is 0 Å². The molecule has 3 aliphatic rings. The van der Waals surface area contributed by atoms with E-state index in [-0.39, 0.29) is 18.6 Å². The average Bonchev–Trinajstić information content (AvgIpc) is 3.18. The lowest BCUT2D eigenvalue weighted by atomic mass is 9.77. The fraction of sp³-hybridized carbons (Fsp3) is 0.682. The number of aromatic nitrogens is 1. The Hall–Kier alpha value is -2.19. The number of hydrogen-bond acceptors (Lipinski definition) is 6. The first kappa shape index (κ1) is 21.1. The fourth-order valence-electron chi connectivity index (χ4n) is 5.06. The van der Waals surface area contributed by atoms with Crippen molar-refractivity contribution in [3.05, 3.63) is 24.5 Å². The number of hydrogen-bond donors (Lipinski definition) is 1. The van der Waals surface area contributed by atoms with Crippen molar-refractivity contribution < 1.29 is 19.4 Å². The van der Waals surface area contributed by atoms with E-state index in [1.807, 2.05) is 17.3 Å². The molecule has 0 bridgehead atoms. The van der Waals surface area contributed by atoms with Crippen LogP contribution in [0.5, 0.6) is 0 Å². The predicted molar refractivity (Wildman–Crippen MR) is 112 cm³/mol. The van der Waals surface area contributed by atoms with Crippen LogP contribution >= 0.6 is 0 Å². The van der Waals surface area contributed by atoms with Crippen LogP contribution in [-0.2, 0) is 14.3 Å². The highest BCUT2D eigenvalue weighted by molar-refractivity contribution is 5.78. The topological polar surface area (TPSA) is 86.2 Å². The van der Waals surface area contributed by atoms with Gasteiger partial charge in [-0.15, -0.1) is 0 Å². The molecule has 1 aromatic heterocycles. The molecule has 164 valence electrons. The first-order chi connectivity index (χ1) is 14.5. The Morgan fingerprint density at radius 3 is 2.40 bits per heavy atom. The molecule has 3 saturated heterocycles. The van der Waals surface area contributed by atoms with Crippen molar-refractivity contribution in [2.45, 2.75) is 38.2 Å². The van der Waals surface area contributed by atoms with Crippen molar-refractivity contribution in [3.8, 4) is 0 Å². The summed E-state index contributed by atoms with van der Waals surface area (Å²) in [4.78, 5) is 34.2. The van der Waals surface area contributed by atoms with Gasteiger partial charge in [0.2, 0.25) is 5.91 Å². The molecule has 3 aliphatic heterocycles. The van der Waals surface area contributed by atoms with E-state index in [0.717, 1.165) is 65.0 Å². The summed E-state index contributed by atoms with van der Waals surface area (Å²) in [5.74, 6) is -0.708. The van der Waals surface area contributed by atoms with E-state index < -0.39 is 5.97 Å². The van der Waals surface area contributed by atoms with Gasteiger partial charge in [0, 0.05) is 57.3 Å². The average molecular weight is 417 g/mol. The van der Waals surface area contributed by atoms with Gasteiger partial charge in [-0.3, -0.25) is 14.7 Å². The molecule has 30 heavy (non-hydrogen) atoms. The van der Waals surface area contributed by atoms with Gasteiger partial charge in [0.1, 0.15) is 6.61 Å². The lowest BCUT2D eigenvalue weighted by Crippen LogP contribution is -2.49. The van der Waals surface area contributed by atoms with Gasteiger partial charge in [-0.2, -0.15) is 0 Å². The van der Waals surface area contributed by atoms with Gasteiger partial charge in [0.15, 0.2) is 0 Å². The lowest BCUT2D eigenvalue weighted by Gasteiger charge is -2.40. The summed E-state index contributed by atoms with van der Waals surface area (Å²) in [6.45, 7) is 5.64. The number of anilines is 1. The van der Waals surface area contributed by atoms with Gasteiger partial charge in [0.05, 0.1) is 12.6 Å². The van der Waals surface area contributed by atoms with Crippen LogP contribution in [-0.4, -0.2) is 90.3 Å². The molecule has 0 saturated carbocycles. The van der Waals surface area contributed by atoms with Crippen LogP contribution in [0.2, 0.25) is 0 Å². The molecule has 8 nitrogen and oxygen atoms in total. The minimum Gasteiger partial charge on any atom is -0.480 e. The Balaban J connectivity index is 1.19. The predicted octanol–water partition coefficient (Wildman–Crippen LogP) is 1.47. The van der Waals surface area contributed by atoms with Crippen LogP contribution in [0.3, 0.4) is 0 Å². The summed E-state index contributed by atoms with van der Waals surface area (Å²) in [5.41, 5.74) is 1.58. The van der Waals surface area contributed by atoms with Gasteiger partial charge in [0.25, 0.3) is 0 Å². The second kappa shape index (κ2) is 9.31. The second-order valence-corrected chi connectivity index (χ2v) is 8.94. The molecule has 0 radical (unpaired) electrons. The number of ether oxygens (including phenoxy) is 1. The van der Waals surface area contributed by atoms with E-state index in [1.54, 1.807) is 0 Å². The molecule has 0 unspecified atom stereocenters. The molecular weight excluding hydrogens is 384 g/mol. The minimum atomic E-state index is -0.929. The molecule has 4 heterocycles. The standard InChI is InChI=1S/C22H32N4O4/c27-20(15-24-10-3-19(4-11-24)30-16-21(28)29)25-12-5-22(6-13-25)7-14-26(17-22)18-1-8-23-9-2-18/h1-2,8-9,19H,3-7,10-17H2,(H,28,29). The first-order valence-electron chi connectivity index (χ1n) is 11.0. The molecule has 4 rings (SSSR count). The third kappa shape index (κ3) is 5.10. The molecule has 1 aromatic rings. The maximum Gasteiger partial charge on any atom is 0.329 e. The summed E-state index contributed by atoms with van der Waals surface area (Å²) in [7, 11) is 0. The van der Waals surface area contributed by atoms with Crippen LogP contribution < -0.4 is 4.90 Å².